The number of aryl methyl sites for hydroxylation is 1. The van der Waals surface area contributed by atoms with Crippen molar-refractivity contribution in [2.45, 2.75) is 38.4 Å². The van der Waals surface area contributed by atoms with Gasteiger partial charge in [0.05, 0.1) is 35.2 Å². The van der Waals surface area contributed by atoms with E-state index in [1.165, 1.54) is 13.2 Å². The van der Waals surface area contributed by atoms with Crippen molar-refractivity contribution in [1.29, 1.82) is 0 Å². The summed E-state index contributed by atoms with van der Waals surface area (Å²) >= 11 is 0. The van der Waals surface area contributed by atoms with E-state index >= 15 is 4.39 Å². The summed E-state index contributed by atoms with van der Waals surface area (Å²) in [6.07, 6.45) is 3.05. The maximum Gasteiger partial charge on any atom is 0.222 e. The van der Waals surface area contributed by atoms with Crippen LogP contribution in [0.1, 0.15) is 37.6 Å². The molecule has 0 saturated heterocycles. The van der Waals surface area contributed by atoms with Crippen LogP contribution in [-0.2, 0) is 14.6 Å². The molecule has 0 amide bonds. The number of fused-ring (bicyclic) bond motifs is 1. The molecule has 1 atom stereocenters. The second kappa shape index (κ2) is 8.71. The summed E-state index contributed by atoms with van der Waals surface area (Å²) in [5.41, 5.74) is 8.28. The predicted molar refractivity (Wildman–Crippen MR) is 130 cm³/mol. The van der Waals surface area contributed by atoms with Crippen molar-refractivity contribution in [1.82, 2.24) is 20.2 Å². The minimum atomic E-state index is -3.54. The molecular weight excluding hydrogens is 459 g/mol. The SMILES string of the molecule is COC1=CC=C(S(=O)(=O)C(C)C)CC1c1nc(N)nc(N(C)c2ccc3c(C)n[nH]c3c2)c1F. The standard InChI is InChI=1S/C23H27FN6O3S/c1-12(2)34(31,32)15-7-9-19(33-5)17(11-15)21-20(24)22(27-23(25)26-21)30(4)14-6-8-16-13(3)28-29-18(16)10-14/h6-10,12,17H,11H2,1-5H3,(H,28,29)(H2,25,26,27). The first-order valence-corrected chi connectivity index (χ1v) is 12.3. The number of hydrogen-bond donors (Lipinski definition) is 2. The first kappa shape index (κ1) is 23.7. The zero-order valence-electron chi connectivity index (χ0n) is 19.6. The largest absolute Gasteiger partial charge is 0.500 e. The fourth-order valence-electron chi connectivity index (χ4n) is 4.01. The van der Waals surface area contributed by atoms with Gasteiger partial charge in [-0.1, -0.05) is 0 Å². The van der Waals surface area contributed by atoms with E-state index in [-0.39, 0.29) is 28.8 Å². The van der Waals surface area contributed by atoms with Crippen LogP contribution in [0.25, 0.3) is 10.9 Å². The normalized spacial score (nSPS) is 16.5. The number of nitrogens with two attached hydrogens (primary N) is 1. The molecule has 0 aliphatic heterocycles. The second-order valence-electron chi connectivity index (χ2n) is 8.46. The number of nitrogens with one attached hydrogen (secondary N) is 1. The molecule has 1 aromatic carbocycles. The number of ether oxygens (including phenoxy) is 1. The number of aromatic amines is 1. The van der Waals surface area contributed by atoms with Gasteiger partial charge in [0.25, 0.3) is 0 Å². The van der Waals surface area contributed by atoms with Crippen LogP contribution in [0.2, 0.25) is 0 Å². The first-order valence-electron chi connectivity index (χ1n) is 10.7. The number of allylic oxidation sites excluding steroid dienone is 4. The molecule has 4 rings (SSSR count). The van der Waals surface area contributed by atoms with Gasteiger partial charge < -0.3 is 15.4 Å². The van der Waals surface area contributed by atoms with Crippen molar-refractivity contribution in [2.24, 2.45) is 0 Å². The van der Waals surface area contributed by atoms with E-state index in [2.05, 4.69) is 20.2 Å². The average molecular weight is 487 g/mol. The van der Waals surface area contributed by atoms with Gasteiger partial charge in [-0.2, -0.15) is 10.1 Å². The molecule has 0 fully saturated rings. The molecule has 3 N–H and O–H groups in total. The molecule has 2 aromatic heterocycles. The van der Waals surface area contributed by atoms with Crippen molar-refractivity contribution in [3.63, 3.8) is 0 Å². The molecule has 0 saturated carbocycles. The molecule has 1 aliphatic carbocycles. The molecule has 9 nitrogen and oxygen atoms in total. The molecule has 2 heterocycles. The van der Waals surface area contributed by atoms with E-state index in [0.29, 0.717) is 11.4 Å². The Balaban J connectivity index is 1.77. The second-order valence-corrected chi connectivity index (χ2v) is 11.0. The molecule has 0 spiro atoms. The third-order valence-corrected chi connectivity index (χ3v) is 8.33. The Labute approximate surface area is 197 Å². The maximum atomic E-state index is 15.9. The molecule has 1 aliphatic rings. The quantitative estimate of drug-likeness (QED) is 0.537. The van der Waals surface area contributed by atoms with E-state index in [4.69, 9.17) is 10.5 Å². The summed E-state index contributed by atoms with van der Waals surface area (Å²) in [4.78, 5) is 10.0. The summed E-state index contributed by atoms with van der Waals surface area (Å²) in [6, 6.07) is 5.56. The molecule has 3 aromatic rings. The maximum absolute atomic E-state index is 15.9. The molecule has 180 valence electrons. The summed E-state index contributed by atoms with van der Waals surface area (Å²) in [5.74, 6) is -1.24. The molecule has 34 heavy (non-hydrogen) atoms. The molecule has 0 bridgehead atoms. The van der Waals surface area contributed by atoms with Gasteiger partial charge in [0.1, 0.15) is 5.76 Å². The smallest absolute Gasteiger partial charge is 0.222 e. The minimum absolute atomic E-state index is 0.0100. The van der Waals surface area contributed by atoms with E-state index in [9.17, 15) is 8.42 Å². The van der Waals surface area contributed by atoms with Crippen LogP contribution in [0, 0.1) is 12.7 Å². The van der Waals surface area contributed by atoms with E-state index in [0.717, 1.165) is 16.6 Å². The van der Waals surface area contributed by atoms with E-state index < -0.39 is 26.8 Å². The summed E-state index contributed by atoms with van der Waals surface area (Å²) in [6.45, 7) is 5.11. The Morgan fingerprint density at radius 1 is 1.26 bits per heavy atom. The minimum Gasteiger partial charge on any atom is -0.500 e. The number of anilines is 3. The van der Waals surface area contributed by atoms with Crippen molar-refractivity contribution >= 4 is 38.2 Å². The highest BCUT2D eigenvalue weighted by molar-refractivity contribution is 7.95. The van der Waals surface area contributed by atoms with Crippen molar-refractivity contribution in [3.05, 3.63) is 58.2 Å². The third kappa shape index (κ3) is 4.00. The van der Waals surface area contributed by atoms with Gasteiger partial charge in [-0.15, -0.1) is 0 Å². The number of rotatable bonds is 6. The van der Waals surface area contributed by atoms with Gasteiger partial charge in [-0.3, -0.25) is 5.10 Å². The number of methoxy groups -OCH3 is 1. The summed E-state index contributed by atoms with van der Waals surface area (Å²) < 4.78 is 46.9. The fraction of sp³-hybridized carbons (Fsp3) is 0.348. The molecule has 0 radical (unpaired) electrons. The first-order chi connectivity index (χ1) is 16.0. The van der Waals surface area contributed by atoms with Crippen LogP contribution in [0.5, 0.6) is 0 Å². The Hall–Kier alpha value is -3.47. The van der Waals surface area contributed by atoms with Gasteiger partial charge in [0.15, 0.2) is 21.5 Å². The highest BCUT2D eigenvalue weighted by Crippen LogP contribution is 2.40. The number of H-pyrrole nitrogens is 1. The molecular formula is C23H27FN6O3S. The number of sulfone groups is 1. The molecule has 11 heteroatoms. The fourth-order valence-corrected chi connectivity index (χ4v) is 5.28. The lowest BCUT2D eigenvalue weighted by Crippen LogP contribution is -2.23. The number of aromatic nitrogens is 4. The van der Waals surface area contributed by atoms with Crippen LogP contribution in [0.3, 0.4) is 0 Å². The highest BCUT2D eigenvalue weighted by atomic mass is 32.2. The number of halogens is 1. The average Bonchev–Trinajstić information content (AvgIpc) is 3.19. The highest BCUT2D eigenvalue weighted by Gasteiger charge is 2.34. The topological polar surface area (TPSA) is 127 Å². The van der Waals surface area contributed by atoms with Gasteiger partial charge in [-0.05, 0) is 57.5 Å². The van der Waals surface area contributed by atoms with Crippen LogP contribution in [-0.4, -0.2) is 48.0 Å². The Morgan fingerprint density at radius 2 is 2.00 bits per heavy atom. The Bertz CT molecular complexity index is 1430. The number of hydrogen-bond acceptors (Lipinski definition) is 8. The third-order valence-electron chi connectivity index (χ3n) is 6.05. The zero-order valence-corrected chi connectivity index (χ0v) is 20.4. The zero-order chi connectivity index (χ0) is 24.8. The summed E-state index contributed by atoms with van der Waals surface area (Å²) in [5, 5.41) is 7.50. The van der Waals surface area contributed by atoms with Crippen molar-refractivity contribution < 1.29 is 17.5 Å². The lowest BCUT2D eigenvalue weighted by Gasteiger charge is -2.26. The van der Waals surface area contributed by atoms with Crippen LogP contribution >= 0.6 is 0 Å². The van der Waals surface area contributed by atoms with Crippen LogP contribution in [0.4, 0.5) is 21.8 Å². The lowest BCUT2D eigenvalue weighted by molar-refractivity contribution is 0.259. The van der Waals surface area contributed by atoms with Crippen LogP contribution in [0.15, 0.2) is 41.0 Å². The van der Waals surface area contributed by atoms with E-state index in [1.807, 2.05) is 25.1 Å². The Kier molecular flexibility index (Phi) is 6.07. The number of benzene rings is 1. The summed E-state index contributed by atoms with van der Waals surface area (Å²) in [7, 11) is -0.421. The predicted octanol–water partition coefficient (Wildman–Crippen LogP) is 3.88. The monoisotopic (exact) mass is 486 g/mol. The number of nitrogens with zero attached hydrogens (tertiary/aromatic N) is 4. The van der Waals surface area contributed by atoms with Crippen LogP contribution < -0.4 is 10.6 Å². The van der Waals surface area contributed by atoms with Crippen molar-refractivity contribution in [2.75, 3.05) is 24.8 Å². The Morgan fingerprint density at radius 3 is 2.68 bits per heavy atom. The van der Waals surface area contributed by atoms with Gasteiger partial charge in [-0.25, -0.2) is 17.8 Å². The number of nitrogen functional groups attached to an aromatic ring is 1. The van der Waals surface area contributed by atoms with Crippen molar-refractivity contribution in [3.8, 4) is 0 Å². The van der Waals surface area contributed by atoms with E-state index in [1.54, 1.807) is 31.9 Å². The van der Waals surface area contributed by atoms with Gasteiger partial charge in [0.2, 0.25) is 5.95 Å². The molecule has 1 unspecified atom stereocenters. The van der Waals surface area contributed by atoms with Gasteiger partial charge in [0, 0.05) is 23.0 Å². The van der Waals surface area contributed by atoms with Gasteiger partial charge >= 0.3 is 0 Å². The lowest BCUT2D eigenvalue weighted by atomic mass is 9.94.